The molecule has 0 aliphatic carbocycles. The highest BCUT2D eigenvalue weighted by molar-refractivity contribution is 6.31. The number of hydrogen-bond acceptors (Lipinski definition) is 3. The van der Waals surface area contributed by atoms with Crippen LogP contribution in [0.1, 0.15) is 45.6 Å². The van der Waals surface area contributed by atoms with Gasteiger partial charge in [-0.1, -0.05) is 29.8 Å². The first-order valence-corrected chi connectivity index (χ1v) is 11.1. The number of ether oxygens (including phenoxy) is 1. The standard InChI is InChI=1S/C22H35ClN4O2/c1-4-24-21(25-14-11-20(28)27(5-2)6-3)26-17-22(12-15-29-16-13-22)18-9-7-8-10-19(18)23/h7-10H,4-6,11-17H2,1-3H3,(H2,24,25,26). The Morgan fingerprint density at radius 1 is 1.17 bits per heavy atom. The molecule has 2 rings (SSSR count). The van der Waals surface area contributed by atoms with Crippen LogP contribution in [-0.2, 0) is 14.9 Å². The van der Waals surface area contributed by atoms with Crippen LogP contribution >= 0.6 is 11.6 Å². The largest absolute Gasteiger partial charge is 0.381 e. The maximum atomic E-state index is 12.2. The molecule has 162 valence electrons. The first-order chi connectivity index (χ1) is 14.1. The molecule has 1 saturated heterocycles. The van der Waals surface area contributed by atoms with Crippen molar-refractivity contribution in [2.24, 2.45) is 4.99 Å². The van der Waals surface area contributed by atoms with Gasteiger partial charge >= 0.3 is 0 Å². The van der Waals surface area contributed by atoms with Gasteiger partial charge in [0.2, 0.25) is 5.91 Å². The summed E-state index contributed by atoms with van der Waals surface area (Å²) in [7, 11) is 0. The zero-order valence-electron chi connectivity index (χ0n) is 18.0. The number of carbonyl (C=O) groups excluding carboxylic acids is 1. The van der Waals surface area contributed by atoms with Gasteiger partial charge in [0.15, 0.2) is 5.96 Å². The molecule has 1 aromatic rings. The van der Waals surface area contributed by atoms with Gasteiger partial charge in [-0.2, -0.15) is 0 Å². The highest BCUT2D eigenvalue weighted by atomic mass is 35.5. The van der Waals surface area contributed by atoms with Crippen LogP contribution in [0.25, 0.3) is 0 Å². The van der Waals surface area contributed by atoms with E-state index in [9.17, 15) is 4.79 Å². The van der Waals surface area contributed by atoms with E-state index >= 15 is 0 Å². The van der Waals surface area contributed by atoms with E-state index in [0.717, 1.165) is 49.0 Å². The quantitative estimate of drug-likeness (QED) is 0.473. The normalized spacial score (nSPS) is 16.3. The first kappa shape index (κ1) is 23.5. The number of halogens is 1. The van der Waals surface area contributed by atoms with Gasteiger partial charge in [0.25, 0.3) is 0 Å². The van der Waals surface area contributed by atoms with Crippen molar-refractivity contribution >= 4 is 23.5 Å². The van der Waals surface area contributed by atoms with Gasteiger partial charge in [0.1, 0.15) is 0 Å². The molecule has 2 N–H and O–H groups in total. The van der Waals surface area contributed by atoms with Crippen LogP contribution in [0, 0.1) is 0 Å². The van der Waals surface area contributed by atoms with Crippen LogP contribution < -0.4 is 10.6 Å². The molecule has 1 fully saturated rings. The molecular weight excluding hydrogens is 388 g/mol. The first-order valence-electron chi connectivity index (χ1n) is 10.7. The average Bonchev–Trinajstić information content (AvgIpc) is 2.74. The molecule has 6 nitrogen and oxygen atoms in total. The molecule has 0 bridgehead atoms. The van der Waals surface area contributed by atoms with Crippen molar-refractivity contribution in [2.75, 3.05) is 45.9 Å². The lowest BCUT2D eigenvalue weighted by atomic mass is 9.74. The van der Waals surface area contributed by atoms with Crippen LogP contribution in [0.3, 0.4) is 0 Å². The Balaban J connectivity index is 2.07. The minimum atomic E-state index is -0.129. The number of rotatable bonds is 9. The van der Waals surface area contributed by atoms with Gasteiger partial charge in [-0.3, -0.25) is 9.79 Å². The number of guanidine groups is 1. The van der Waals surface area contributed by atoms with Crippen LogP contribution in [-0.4, -0.2) is 62.7 Å². The van der Waals surface area contributed by atoms with E-state index in [4.69, 9.17) is 21.3 Å². The predicted molar refractivity (Wildman–Crippen MR) is 120 cm³/mol. The summed E-state index contributed by atoms with van der Waals surface area (Å²) in [5, 5.41) is 7.38. The smallest absolute Gasteiger partial charge is 0.224 e. The van der Waals surface area contributed by atoms with Crippen molar-refractivity contribution < 1.29 is 9.53 Å². The van der Waals surface area contributed by atoms with Gasteiger partial charge in [-0.25, -0.2) is 0 Å². The minimum Gasteiger partial charge on any atom is -0.381 e. The number of nitrogens with zero attached hydrogens (tertiary/aromatic N) is 2. The summed E-state index contributed by atoms with van der Waals surface area (Å²) in [6.07, 6.45) is 2.23. The number of carbonyl (C=O) groups is 1. The molecule has 1 aliphatic rings. The Bertz CT molecular complexity index is 671. The molecule has 0 atom stereocenters. The van der Waals surface area contributed by atoms with E-state index in [1.807, 2.05) is 43.9 Å². The van der Waals surface area contributed by atoms with Crippen molar-refractivity contribution in [1.82, 2.24) is 15.5 Å². The second-order valence-electron chi connectivity index (χ2n) is 7.31. The fourth-order valence-corrected chi connectivity index (χ4v) is 4.10. The van der Waals surface area contributed by atoms with Gasteiger partial charge in [-0.05, 0) is 45.2 Å². The van der Waals surface area contributed by atoms with Crippen LogP contribution in [0.2, 0.25) is 5.02 Å². The number of aliphatic imine (C=N–C) groups is 1. The van der Waals surface area contributed by atoms with Crippen LogP contribution in [0.15, 0.2) is 29.3 Å². The predicted octanol–water partition coefficient (Wildman–Crippen LogP) is 3.20. The Hall–Kier alpha value is -1.79. The van der Waals surface area contributed by atoms with Crippen molar-refractivity contribution in [3.8, 4) is 0 Å². The molecule has 1 amide bonds. The molecule has 0 unspecified atom stereocenters. The second-order valence-corrected chi connectivity index (χ2v) is 7.72. The molecule has 1 aliphatic heterocycles. The molecule has 7 heteroatoms. The summed E-state index contributed by atoms with van der Waals surface area (Å²) < 4.78 is 5.61. The number of amides is 1. The van der Waals surface area contributed by atoms with Crippen molar-refractivity contribution in [1.29, 1.82) is 0 Å². The maximum Gasteiger partial charge on any atom is 0.224 e. The number of nitrogens with one attached hydrogen (secondary N) is 2. The highest BCUT2D eigenvalue weighted by Crippen LogP contribution is 2.38. The molecule has 0 spiro atoms. The van der Waals surface area contributed by atoms with E-state index in [0.29, 0.717) is 32.7 Å². The topological polar surface area (TPSA) is 66.0 Å². The summed E-state index contributed by atoms with van der Waals surface area (Å²) in [4.78, 5) is 18.9. The minimum absolute atomic E-state index is 0.129. The van der Waals surface area contributed by atoms with Gasteiger partial charge in [0.05, 0.1) is 6.54 Å². The average molecular weight is 423 g/mol. The Kier molecular flexibility index (Phi) is 9.74. The van der Waals surface area contributed by atoms with E-state index in [1.54, 1.807) is 0 Å². The summed E-state index contributed by atoms with van der Waals surface area (Å²) in [5.41, 5.74) is 1.01. The highest BCUT2D eigenvalue weighted by Gasteiger charge is 2.36. The fourth-order valence-electron chi connectivity index (χ4n) is 3.76. The van der Waals surface area contributed by atoms with E-state index in [2.05, 4.69) is 16.7 Å². The summed E-state index contributed by atoms with van der Waals surface area (Å²) >= 11 is 6.54. The number of benzene rings is 1. The Labute approximate surface area is 180 Å². The molecule has 0 aromatic heterocycles. The zero-order valence-corrected chi connectivity index (χ0v) is 18.7. The monoisotopic (exact) mass is 422 g/mol. The van der Waals surface area contributed by atoms with Crippen LogP contribution in [0.5, 0.6) is 0 Å². The SMILES string of the molecule is CCNC(=NCC1(c2ccccc2Cl)CCOCC1)NCCC(=O)N(CC)CC. The summed E-state index contributed by atoms with van der Waals surface area (Å²) in [6, 6.07) is 8.04. The molecule has 1 aromatic carbocycles. The van der Waals surface area contributed by atoms with E-state index in [1.165, 1.54) is 0 Å². The Morgan fingerprint density at radius 2 is 1.86 bits per heavy atom. The summed E-state index contributed by atoms with van der Waals surface area (Å²) in [6.45, 7) is 10.9. The lowest BCUT2D eigenvalue weighted by Crippen LogP contribution is -2.42. The molecule has 1 heterocycles. The second kappa shape index (κ2) is 12.0. The van der Waals surface area contributed by atoms with Gasteiger partial charge in [0, 0.05) is 56.3 Å². The third-order valence-electron chi connectivity index (χ3n) is 5.53. The number of hydrogen-bond donors (Lipinski definition) is 2. The molecule has 0 saturated carbocycles. The van der Waals surface area contributed by atoms with Gasteiger partial charge in [-0.15, -0.1) is 0 Å². The molecule has 29 heavy (non-hydrogen) atoms. The Morgan fingerprint density at radius 3 is 2.48 bits per heavy atom. The lowest BCUT2D eigenvalue weighted by molar-refractivity contribution is -0.130. The third-order valence-corrected chi connectivity index (χ3v) is 5.86. The van der Waals surface area contributed by atoms with Gasteiger partial charge < -0.3 is 20.3 Å². The lowest BCUT2D eigenvalue weighted by Gasteiger charge is -2.37. The van der Waals surface area contributed by atoms with E-state index < -0.39 is 0 Å². The molecular formula is C22H35ClN4O2. The van der Waals surface area contributed by atoms with Crippen LogP contribution in [0.4, 0.5) is 0 Å². The van der Waals surface area contributed by atoms with Crippen molar-refractivity contribution in [3.63, 3.8) is 0 Å². The maximum absolute atomic E-state index is 12.2. The zero-order chi connectivity index (χ0) is 21.1. The summed E-state index contributed by atoms with van der Waals surface area (Å²) in [5.74, 6) is 0.896. The van der Waals surface area contributed by atoms with Crippen molar-refractivity contribution in [2.45, 2.75) is 45.4 Å². The third kappa shape index (κ3) is 6.61. The van der Waals surface area contributed by atoms with Crippen molar-refractivity contribution in [3.05, 3.63) is 34.9 Å². The fraction of sp³-hybridized carbons (Fsp3) is 0.636. The molecule has 0 radical (unpaired) electrons. The van der Waals surface area contributed by atoms with E-state index in [-0.39, 0.29) is 11.3 Å².